The zero-order valence-corrected chi connectivity index (χ0v) is 8.67. The number of aldehydes is 1. The molecule has 0 aliphatic heterocycles. The molecule has 0 aliphatic carbocycles. The van der Waals surface area contributed by atoms with Crippen LogP contribution in [-0.2, 0) is 10.5 Å². The number of ether oxygens (including phenoxy) is 1. The van der Waals surface area contributed by atoms with E-state index in [4.69, 9.17) is 10.00 Å². The molecule has 3 N–H and O–H groups in total. The Kier molecular flexibility index (Phi) is 3.79. The molecule has 86 valence electrons. The van der Waals surface area contributed by atoms with Gasteiger partial charge in [-0.25, -0.2) is 0 Å². The minimum absolute atomic E-state index is 0.0606. The lowest BCUT2D eigenvalue weighted by Crippen LogP contribution is -2.41. The number of nitrogens with zero attached hydrogens (tertiary/aromatic N) is 1. The van der Waals surface area contributed by atoms with E-state index in [-0.39, 0.29) is 12.3 Å². The predicted octanol–water partition coefficient (Wildman–Crippen LogP) is -0.107. The Labute approximate surface area is 92.1 Å². The van der Waals surface area contributed by atoms with Crippen LogP contribution < -0.4 is 0 Å². The Balaban J connectivity index is 3.10. The number of carbonyl (C=O) groups excluding carboxylic acids is 1. The second-order valence-corrected chi connectivity index (χ2v) is 3.13. The average molecular weight is 224 g/mol. The van der Waals surface area contributed by atoms with Crippen LogP contribution in [0.15, 0.2) is 12.3 Å². The summed E-state index contributed by atoms with van der Waals surface area (Å²) in [6, 6.07) is 2.80. The van der Waals surface area contributed by atoms with E-state index in [1.54, 1.807) is 6.92 Å². The maximum absolute atomic E-state index is 10.5. The van der Waals surface area contributed by atoms with Crippen molar-refractivity contribution in [3.05, 3.63) is 23.5 Å². The van der Waals surface area contributed by atoms with E-state index in [9.17, 15) is 15.0 Å². The van der Waals surface area contributed by atoms with Crippen LogP contribution in [0.25, 0.3) is 0 Å². The number of rotatable bonds is 5. The first-order chi connectivity index (χ1) is 7.58. The quantitative estimate of drug-likeness (QED) is 0.367. The van der Waals surface area contributed by atoms with Gasteiger partial charge in [0.2, 0.25) is 11.9 Å². The molecule has 0 saturated heterocycles. The number of carbonyl (C=O) groups is 1. The molecule has 0 aliphatic rings. The van der Waals surface area contributed by atoms with E-state index in [1.165, 1.54) is 18.3 Å². The summed E-state index contributed by atoms with van der Waals surface area (Å²) in [5.41, 5.74) is 0.351. The lowest BCUT2D eigenvalue weighted by molar-refractivity contribution is -0.252. The minimum Gasteiger partial charge on any atom is -0.373 e. The number of H-pyrrole nitrogens is 1. The third kappa shape index (κ3) is 2.12. The Bertz CT molecular complexity index is 409. The molecule has 1 heterocycles. The average Bonchev–Trinajstić information content (AvgIpc) is 2.77. The van der Waals surface area contributed by atoms with Crippen molar-refractivity contribution in [2.75, 3.05) is 6.61 Å². The second-order valence-electron chi connectivity index (χ2n) is 3.13. The fourth-order valence-corrected chi connectivity index (χ4v) is 1.30. The zero-order chi connectivity index (χ0) is 12.2. The summed E-state index contributed by atoms with van der Waals surface area (Å²) in [5.74, 6) is -2.15. The fourth-order valence-electron chi connectivity index (χ4n) is 1.30. The molecule has 6 nitrogen and oxygen atoms in total. The molecule has 0 radical (unpaired) electrons. The normalized spacial score (nSPS) is 16.1. The van der Waals surface area contributed by atoms with Crippen molar-refractivity contribution < 1.29 is 19.7 Å². The van der Waals surface area contributed by atoms with E-state index in [0.29, 0.717) is 11.8 Å². The lowest BCUT2D eigenvalue weighted by atomic mass is 10.1. The molecule has 0 saturated carbocycles. The molecule has 0 fully saturated rings. The number of aliphatic hydroxyl groups is 2. The van der Waals surface area contributed by atoms with Crippen molar-refractivity contribution in [3.63, 3.8) is 0 Å². The first-order valence-electron chi connectivity index (χ1n) is 4.66. The van der Waals surface area contributed by atoms with Gasteiger partial charge in [-0.3, -0.25) is 4.79 Å². The molecule has 6 heteroatoms. The van der Waals surface area contributed by atoms with Gasteiger partial charge in [0.25, 0.3) is 0 Å². The first kappa shape index (κ1) is 12.4. The highest BCUT2D eigenvalue weighted by Crippen LogP contribution is 2.26. The van der Waals surface area contributed by atoms with Crippen LogP contribution in [0.1, 0.15) is 23.0 Å². The molecule has 0 aromatic carbocycles. The summed E-state index contributed by atoms with van der Waals surface area (Å²) >= 11 is 0. The van der Waals surface area contributed by atoms with E-state index >= 15 is 0 Å². The van der Waals surface area contributed by atoms with Crippen LogP contribution in [0.2, 0.25) is 0 Å². The summed E-state index contributed by atoms with van der Waals surface area (Å²) in [6.45, 7) is 1.71. The summed E-state index contributed by atoms with van der Waals surface area (Å²) in [4.78, 5) is 13.1. The van der Waals surface area contributed by atoms with Gasteiger partial charge in [0.1, 0.15) is 6.07 Å². The van der Waals surface area contributed by atoms with E-state index < -0.39 is 11.9 Å². The number of hydrogen-bond acceptors (Lipinski definition) is 5. The van der Waals surface area contributed by atoms with Gasteiger partial charge in [-0.15, -0.1) is 0 Å². The van der Waals surface area contributed by atoms with Gasteiger partial charge in [0, 0.05) is 18.4 Å². The topological polar surface area (TPSA) is 106 Å². The Morgan fingerprint density at radius 3 is 2.94 bits per heavy atom. The van der Waals surface area contributed by atoms with Crippen LogP contribution in [0.4, 0.5) is 0 Å². The molecular weight excluding hydrogens is 212 g/mol. The van der Waals surface area contributed by atoms with Gasteiger partial charge in [0.05, 0.1) is 5.69 Å². The lowest BCUT2D eigenvalue weighted by Gasteiger charge is -2.27. The SMILES string of the molecule is CCOC(O)(c1cc(C=O)c[nH]1)C(O)C#N. The number of aliphatic hydroxyl groups excluding tert-OH is 1. The van der Waals surface area contributed by atoms with Crippen molar-refractivity contribution in [1.82, 2.24) is 4.98 Å². The number of nitrogens with one attached hydrogen (secondary N) is 1. The van der Waals surface area contributed by atoms with E-state index in [0.717, 1.165) is 0 Å². The van der Waals surface area contributed by atoms with Crippen molar-refractivity contribution in [1.29, 1.82) is 5.26 Å². The smallest absolute Gasteiger partial charge is 0.248 e. The highest BCUT2D eigenvalue weighted by molar-refractivity contribution is 5.74. The molecule has 1 aromatic rings. The number of aromatic nitrogens is 1. The first-order valence-corrected chi connectivity index (χ1v) is 4.66. The van der Waals surface area contributed by atoms with Crippen molar-refractivity contribution in [2.45, 2.75) is 18.8 Å². The van der Waals surface area contributed by atoms with Crippen molar-refractivity contribution in [3.8, 4) is 6.07 Å². The highest BCUT2D eigenvalue weighted by Gasteiger charge is 2.40. The molecule has 0 spiro atoms. The second kappa shape index (κ2) is 4.90. The Morgan fingerprint density at radius 1 is 1.81 bits per heavy atom. The third-order valence-electron chi connectivity index (χ3n) is 2.08. The van der Waals surface area contributed by atoms with Gasteiger partial charge in [-0.2, -0.15) is 5.26 Å². The third-order valence-corrected chi connectivity index (χ3v) is 2.08. The monoisotopic (exact) mass is 224 g/mol. The number of nitriles is 1. The summed E-state index contributed by atoms with van der Waals surface area (Å²) in [5, 5.41) is 28.0. The van der Waals surface area contributed by atoms with Gasteiger partial charge in [0.15, 0.2) is 6.29 Å². The number of aromatic amines is 1. The van der Waals surface area contributed by atoms with Crippen molar-refractivity contribution in [2.24, 2.45) is 0 Å². The van der Waals surface area contributed by atoms with Crippen LogP contribution in [0.3, 0.4) is 0 Å². The molecule has 2 atom stereocenters. The Morgan fingerprint density at radius 2 is 2.50 bits per heavy atom. The van der Waals surface area contributed by atoms with Crippen LogP contribution in [0.5, 0.6) is 0 Å². The Hall–Kier alpha value is -1.68. The molecule has 1 aromatic heterocycles. The maximum Gasteiger partial charge on any atom is 0.248 e. The van der Waals surface area contributed by atoms with Crippen LogP contribution >= 0.6 is 0 Å². The molecule has 1 rings (SSSR count). The highest BCUT2D eigenvalue weighted by atomic mass is 16.6. The fraction of sp³-hybridized carbons (Fsp3) is 0.400. The largest absolute Gasteiger partial charge is 0.373 e. The van der Waals surface area contributed by atoms with Gasteiger partial charge < -0.3 is 19.9 Å². The van der Waals surface area contributed by atoms with Crippen molar-refractivity contribution >= 4 is 6.29 Å². The molecule has 2 unspecified atom stereocenters. The van der Waals surface area contributed by atoms with Crippen LogP contribution in [0, 0.1) is 11.3 Å². The van der Waals surface area contributed by atoms with E-state index in [1.807, 2.05) is 0 Å². The molecule has 16 heavy (non-hydrogen) atoms. The predicted molar refractivity (Wildman–Crippen MR) is 53.3 cm³/mol. The summed E-state index contributed by atoms with van der Waals surface area (Å²) in [6.07, 6.45) is 0.173. The van der Waals surface area contributed by atoms with Gasteiger partial charge in [-0.1, -0.05) is 0 Å². The van der Waals surface area contributed by atoms with Gasteiger partial charge >= 0.3 is 0 Å². The zero-order valence-electron chi connectivity index (χ0n) is 8.67. The standard InChI is InChI=1S/C10H12N2O4/c1-2-16-10(15,9(14)4-11)8-3-7(6-13)5-12-8/h3,5-6,9,12,14-15H,2H2,1H3. The molecule has 0 amide bonds. The molecular formula is C10H12N2O4. The number of hydrogen-bond donors (Lipinski definition) is 3. The maximum atomic E-state index is 10.5. The minimum atomic E-state index is -2.15. The summed E-state index contributed by atoms with van der Waals surface area (Å²) in [7, 11) is 0. The van der Waals surface area contributed by atoms with E-state index in [2.05, 4.69) is 4.98 Å². The van der Waals surface area contributed by atoms with Gasteiger partial charge in [-0.05, 0) is 13.0 Å². The summed E-state index contributed by atoms with van der Waals surface area (Å²) < 4.78 is 4.96. The van der Waals surface area contributed by atoms with Crippen LogP contribution in [-0.4, -0.2) is 34.2 Å². The molecule has 0 bridgehead atoms.